The summed E-state index contributed by atoms with van der Waals surface area (Å²) in [5.74, 6) is 0. The minimum Gasteiger partial charge on any atom is -0.386 e. The minimum absolute atomic E-state index is 0.513. The third-order valence-electron chi connectivity index (χ3n) is 1.35. The van der Waals surface area contributed by atoms with E-state index in [4.69, 9.17) is 0 Å². The number of aliphatic hydroxyl groups excluding tert-OH is 1. The SMILES string of the molecule is C=CCC(O)c1cn(C)nn1. The number of hydrogen-bond acceptors (Lipinski definition) is 3. The lowest BCUT2D eigenvalue weighted by Crippen LogP contribution is -1.95. The molecule has 1 unspecified atom stereocenters. The van der Waals surface area contributed by atoms with Gasteiger partial charge in [0.15, 0.2) is 0 Å². The van der Waals surface area contributed by atoms with Crippen LogP contribution < -0.4 is 0 Å². The van der Waals surface area contributed by atoms with E-state index in [2.05, 4.69) is 16.9 Å². The van der Waals surface area contributed by atoms with Crippen molar-refractivity contribution in [3.63, 3.8) is 0 Å². The first-order valence-electron chi connectivity index (χ1n) is 3.39. The monoisotopic (exact) mass is 153 g/mol. The molecule has 0 amide bonds. The van der Waals surface area contributed by atoms with Gasteiger partial charge in [0.05, 0.1) is 6.20 Å². The quantitative estimate of drug-likeness (QED) is 0.640. The van der Waals surface area contributed by atoms with Gasteiger partial charge in [-0.25, -0.2) is 0 Å². The van der Waals surface area contributed by atoms with E-state index in [1.54, 1.807) is 24.0 Å². The van der Waals surface area contributed by atoms with Crippen LogP contribution in [0.3, 0.4) is 0 Å². The highest BCUT2D eigenvalue weighted by Gasteiger charge is 2.08. The van der Waals surface area contributed by atoms with Gasteiger partial charge in [0, 0.05) is 7.05 Å². The van der Waals surface area contributed by atoms with E-state index < -0.39 is 6.10 Å². The Bertz CT molecular complexity index is 244. The van der Waals surface area contributed by atoms with Crippen LogP contribution in [-0.2, 0) is 7.05 Å². The standard InChI is InChI=1S/C7H11N3O/c1-3-4-7(11)6-5-10(2)9-8-6/h3,5,7,11H,1,4H2,2H3. The molecule has 0 saturated heterocycles. The maximum absolute atomic E-state index is 9.35. The van der Waals surface area contributed by atoms with Crippen LogP contribution in [0.4, 0.5) is 0 Å². The average Bonchev–Trinajstić information content (AvgIpc) is 2.36. The van der Waals surface area contributed by atoms with Gasteiger partial charge in [-0.3, -0.25) is 4.68 Å². The largest absolute Gasteiger partial charge is 0.386 e. The summed E-state index contributed by atoms with van der Waals surface area (Å²) in [7, 11) is 1.76. The van der Waals surface area contributed by atoms with Crippen molar-refractivity contribution in [2.24, 2.45) is 7.05 Å². The molecule has 1 aromatic heterocycles. The molecule has 0 saturated carbocycles. The normalized spacial score (nSPS) is 12.9. The molecular weight excluding hydrogens is 142 g/mol. The lowest BCUT2D eigenvalue weighted by atomic mass is 10.2. The second kappa shape index (κ2) is 3.30. The molecule has 0 spiro atoms. The van der Waals surface area contributed by atoms with Crippen LogP contribution in [0.15, 0.2) is 18.9 Å². The Hall–Kier alpha value is -1.16. The number of rotatable bonds is 3. The van der Waals surface area contributed by atoms with Gasteiger partial charge >= 0.3 is 0 Å². The Kier molecular flexibility index (Phi) is 2.38. The Morgan fingerprint density at radius 3 is 3.09 bits per heavy atom. The Morgan fingerprint density at radius 2 is 2.64 bits per heavy atom. The summed E-state index contributed by atoms with van der Waals surface area (Å²) in [5, 5.41) is 16.8. The maximum Gasteiger partial charge on any atom is 0.111 e. The molecule has 1 atom stereocenters. The average molecular weight is 153 g/mol. The zero-order valence-corrected chi connectivity index (χ0v) is 6.44. The van der Waals surface area contributed by atoms with Crippen LogP contribution in [0, 0.1) is 0 Å². The van der Waals surface area contributed by atoms with Crippen LogP contribution in [-0.4, -0.2) is 20.1 Å². The third kappa shape index (κ3) is 1.88. The maximum atomic E-state index is 9.35. The van der Waals surface area contributed by atoms with Gasteiger partial charge in [-0.15, -0.1) is 11.7 Å². The smallest absolute Gasteiger partial charge is 0.111 e. The minimum atomic E-state index is -0.568. The first-order valence-corrected chi connectivity index (χ1v) is 3.39. The topological polar surface area (TPSA) is 50.9 Å². The summed E-state index contributed by atoms with van der Waals surface area (Å²) >= 11 is 0. The van der Waals surface area contributed by atoms with E-state index in [0.29, 0.717) is 12.1 Å². The molecule has 4 heteroatoms. The lowest BCUT2D eigenvalue weighted by Gasteiger charge is -2.00. The van der Waals surface area contributed by atoms with Crippen LogP contribution in [0.5, 0.6) is 0 Å². The molecule has 1 aromatic rings. The van der Waals surface area contributed by atoms with Gasteiger partial charge in [0.1, 0.15) is 11.8 Å². The summed E-state index contributed by atoms with van der Waals surface area (Å²) in [4.78, 5) is 0. The van der Waals surface area contributed by atoms with Crippen molar-refractivity contribution in [3.8, 4) is 0 Å². The summed E-state index contributed by atoms with van der Waals surface area (Å²) in [6.07, 6.45) is 3.29. The zero-order valence-electron chi connectivity index (χ0n) is 6.44. The second-order valence-corrected chi connectivity index (χ2v) is 2.36. The lowest BCUT2D eigenvalue weighted by molar-refractivity contribution is 0.176. The molecule has 0 bridgehead atoms. The van der Waals surface area contributed by atoms with Crippen LogP contribution in [0.2, 0.25) is 0 Å². The molecule has 0 aliphatic heterocycles. The molecule has 0 aromatic carbocycles. The first-order chi connectivity index (χ1) is 5.24. The molecule has 11 heavy (non-hydrogen) atoms. The van der Waals surface area contributed by atoms with Crippen LogP contribution in [0.1, 0.15) is 18.2 Å². The Morgan fingerprint density at radius 1 is 1.91 bits per heavy atom. The van der Waals surface area contributed by atoms with Crippen molar-refractivity contribution in [2.45, 2.75) is 12.5 Å². The number of hydrogen-bond donors (Lipinski definition) is 1. The van der Waals surface area contributed by atoms with Gasteiger partial charge in [0.2, 0.25) is 0 Å². The predicted octanol–water partition coefficient (Wildman–Crippen LogP) is 0.425. The number of aliphatic hydroxyl groups is 1. The van der Waals surface area contributed by atoms with Crippen molar-refractivity contribution in [1.82, 2.24) is 15.0 Å². The van der Waals surface area contributed by atoms with Crippen molar-refractivity contribution >= 4 is 0 Å². The molecule has 0 fully saturated rings. The van der Waals surface area contributed by atoms with E-state index in [1.807, 2.05) is 0 Å². The van der Waals surface area contributed by atoms with Crippen molar-refractivity contribution < 1.29 is 5.11 Å². The highest BCUT2D eigenvalue weighted by Crippen LogP contribution is 2.12. The predicted molar refractivity (Wildman–Crippen MR) is 40.8 cm³/mol. The molecule has 0 radical (unpaired) electrons. The third-order valence-corrected chi connectivity index (χ3v) is 1.35. The summed E-state index contributed by atoms with van der Waals surface area (Å²) in [5.41, 5.74) is 0.590. The Balaban J connectivity index is 2.67. The van der Waals surface area contributed by atoms with Gasteiger partial charge in [-0.05, 0) is 6.42 Å². The number of nitrogens with zero attached hydrogens (tertiary/aromatic N) is 3. The number of aromatic nitrogens is 3. The summed E-state index contributed by atoms with van der Waals surface area (Å²) in [6, 6.07) is 0. The van der Waals surface area contributed by atoms with E-state index in [9.17, 15) is 5.11 Å². The van der Waals surface area contributed by atoms with Crippen LogP contribution in [0.25, 0.3) is 0 Å². The van der Waals surface area contributed by atoms with Gasteiger partial charge in [-0.1, -0.05) is 11.3 Å². The molecule has 60 valence electrons. The van der Waals surface area contributed by atoms with Crippen molar-refractivity contribution in [2.75, 3.05) is 0 Å². The number of aryl methyl sites for hydroxylation is 1. The van der Waals surface area contributed by atoms with E-state index in [0.717, 1.165) is 0 Å². The first kappa shape index (κ1) is 7.94. The van der Waals surface area contributed by atoms with Gasteiger partial charge in [0.25, 0.3) is 0 Å². The summed E-state index contributed by atoms with van der Waals surface area (Å²) in [6.45, 7) is 3.52. The fraction of sp³-hybridized carbons (Fsp3) is 0.429. The Labute approximate surface area is 65.2 Å². The second-order valence-electron chi connectivity index (χ2n) is 2.36. The van der Waals surface area contributed by atoms with E-state index in [1.165, 1.54) is 0 Å². The zero-order chi connectivity index (χ0) is 8.27. The highest BCUT2D eigenvalue weighted by molar-refractivity contribution is 4.98. The van der Waals surface area contributed by atoms with E-state index >= 15 is 0 Å². The fourth-order valence-corrected chi connectivity index (χ4v) is 0.797. The molecule has 0 aliphatic rings. The van der Waals surface area contributed by atoms with Crippen molar-refractivity contribution in [1.29, 1.82) is 0 Å². The molecular formula is C7H11N3O. The van der Waals surface area contributed by atoms with Gasteiger partial charge in [-0.2, -0.15) is 0 Å². The van der Waals surface area contributed by atoms with Gasteiger partial charge < -0.3 is 5.11 Å². The summed E-state index contributed by atoms with van der Waals surface area (Å²) < 4.78 is 1.56. The fourth-order valence-electron chi connectivity index (χ4n) is 0.797. The van der Waals surface area contributed by atoms with E-state index in [-0.39, 0.29) is 0 Å². The molecule has 1 heterocycles. The molecule has 0 aliphatic carbocycles. The molecule has 1 rings (SSSR count). The van der Waals surface area contributed by atoms with Crippen LogP contribution >= 0.6 is 0 Å². The molecule has 4 nitrogen and oxygen atoms in total. The molecule has 1 N–H and O–H groups in total. The van der Waals surface area contributed by atoms with Crippen molar-refractivity contribution in [3.05, 3.63) is 24.5 Å². The highest BCUT2D eigenvalue weighted by atomic mass is 16.3.